The fourth-order valence-electron chi connectivity index (χ4n) is 9.24. The third-order valence-electron chi connectivity index (χ3n) is 14.2. The third kappa shape index (κ3) is 56.4. The second-order valence-electron chi connectivity index (χ2n) is 22.9. The van der Waals surface area contributed by atoms with Gasteiger partial charge in [0.05, 0.1) is 33.8 Å². The molecule has 3 unspecified atom stereocenters. The summed E-state index contributed by atoms with van der Waals surface area (Å²) in [6.45, 7) is 6.73. The topological polar surface area (TPSA) is 114 Å². The van der Waals surface area contributed by atoms with Crippen LogP contribution < -0.4 is 10.2 Å². The van der Waals surface area contributed by atoms with Crippen LogP contribution in [0.2, 0.25) is 0 Å². The second kappa shape index (κ2) is 56.0. The quantitative estimate of drug-likeness (QED) is 0.0212. The molecule has 1 amide bonds. The average molecular weight is 1090 g/mol. The van der Waals surface area contributed by atoms with E-state index in [1.165, 1.54) is 173 Å². The number of quaternary nitrogens is 1. The van der Waals surface area contributed by atoms with Gasteiger partial charge in [0.25, 0.3) is 7.82 Å². The summed E-state index contributed by atoms with van der Waals surface area (Å²) in [5.41, 5.74) is 0. The number of phosphoric ester groups is 1. The molecule has 76 heavy (non-hydrogen) atoms. The van der Waals surface area contributed by atoms with E-state index in [9.17, 15) is 19.0 Å². The van der Waals surface area contributed by atoms with E-state index >= 15 is 0 Å². The van der Waals surface area contributed by atoms with Gasteiger partial charge in [0.1, 0.15) is 19.3 Å². The summed E-state index contributed by atoms with van der Waals surface area (Å²) in [6, 6.07) is -0.900. The van der Waals surface area contributed by atoms with Gasteiger partial charge in [-0.15, -0.1) is 0 Å². The number of nitrogens with one attached hydrogen (secondary N) is 1. The van der Waals surface area contributed by atoms with Crippen molar-refractivity contribution in [1.82, 2.24) is 5.32 Å². The van der Waals surface area contributed by atoms with Gasteiger partial charge in [-0.2, -0.15) is 0 Å². The van der Waals surface area contributed by atoms with E-state index in [-0.39, 0.29) is 24.9 Å². The standard InChI is InChI=1S/C66H123N2O7P/c1-7-10-13-16-19-22-25-28-30-31-32-33-34-35-36-37-38-41-44-47-50-53-56-59-66(70)75-64(57-54-51-48-45-42-39-27-24-21-18-15-12-9-3)63(62-74-76(71,72)73-61-60-68(4,5)6)67-65(69)58-55-52-49-46-43-40-29-26-23-20-17-14-11-8-2/h11,14,20,23,28-30,40,54,57,63-64H,7-10,12-13,15-19,21-22,24-27,31-39,41-53,55-56,58-62H2,1-6H3,(H-,67,69,71,72)/b14-11+,23-20+,30-28+,40-29+,57-54-. The number of hydrogen-bond donors (Lipinski definition) is 1. The lowest BCUT2D eigenvalue weighted by molar-refractivity contribution is -0.870. The average Bonchev–Trinajstić information content (AvgIpc) is 3.38. The number of amides is 1. The van der Waals surface area contributed by atoms with Crippen molar-refractivity contribution in [2.24, 2.45) is 0 Å². The van der Waals surface area contributed by atoms with Crippen molar-refractivity contribution in [1.29, 1.82) is 0 Å². The monoisotopic (exact) mass is 1090 g/mol. The lowest BCUT2D eigenvalue weighted by Gasteiger charge is -2.30. The van der Waals surface area contributed by atoms with E-state index in [2.05, 4.69) is 74.7 Å². The molecule has 0 saturated carbocycles. The molecule has 1 N–H and O–H groups in total. The molecule has 0 heterocycles. The van der Waals surface area contributed by atoms with Gasteiger partial charge in [-0.1, -0.05) is 255 Å². The van der Waals surface area contributed by atoms with Crippen molar-refractivity contribution in [2.45, 2.75) is 309 Å². The molecule has 0 fully saturated rings. The van der Waals surface area contributed by atoms with Crippen LogP contribution in [0.3, 0.4) is 0 Å². The van der Waals surface area contributed by atoms with Gasteiger partial charge in [0, 0.05) is 12.8 Å². The number of carbonyl (C=O) groups excluding carboxylic acids is 2. The molecule has 0 aromatic rings. The van der Waals surface area contributed by atoms with Crippen molar-refractivity contribution in [3.8, 4) is 0 Å². The van der Waals surface area contributed by atoms with Crippen LogP contribution in [-0.4, -0.2) is 69.4 Å². The smallest absolute Gasteiger partial charge is 0.306 e. The third-order valence-corrected chi connectivity index (χ3v) is 15.1. The van der Waals surface area contributed by atoms with Crippen LogP contribution in [0, 0.1) is 0 Å². The fourth-order valence-corrected chi connectivity index (χ4v) is 9.96. The first-order valence-electron chi connectivity index (χ1n) is 32.1. The van der Waals surface area contributed by atoms with Gasteiger partial charge in [0.15, 0.2) is 0 Å². The minimum atomic E-state index is -4.70. The molecule has 0 bridgehead atoms. The molecule has 3 atom stereocenters. The Balaban J connectivity index is 5.18. The number of esters is 1. The molecule has 9 nitrogen and oxygen atoms in total. The Bertz CT molecular complexity index is 1490. The van der Waals surface area contributed by atoms with Crippen LogP contribution in [0.25, 0.3) is 0 Å². The Morgan fingerprint density at radius 1 is 0.474 bits per heavy atom. The highest BCUT2D eigenvalue weighted by Crippen LogP contribution is 2.38. The molecule has 0 aliphatic carbocycles. The van der Waals surface area contributed by atoms with Crippen molar-refractivity contribution in [3.05, 3.63) is 60.8 Å². The summed E-state index contributed by atoms with van der Waals surface area (Å²) in [7, 11) is 1.17. The number of phosphoric acid groups is 1. The minimum Gasteiger partial charge on any atom is -0.756 e. The summed E-state index contributed by atoms with van der Waals surface area (Å²) in [4.78, 5) is 40.0. The highest BCUT2D eigenvalue weighted by molar-refractivity contribution is 7.45. The van der Waals surface area contributed by atoms with Gasteiger partial charge >= 0.3 is 5.97 Å². The van der Waals surface area contributed by atoms with Crippen LogP contribution in [-0.2, 0) is 27.9 Å². The molecule has 444 valence electrons. The first-order valence-corrected chi connectivity index (χ1v) is 33.6. The molecular formula is C66H123N2O7P. The lowest BCUT2D eigenvalue weighted by atomic mass is 10.0. The zero-order chi connectivity index (χ0) is 55.7. The van der Waals surface area contributed by atoms with E-state index in [0.717, 1.165) is 83.5 Å². The molecule has 0 aliphatic heterocycles. The number of nitrogens with zero attached hydrogens (tertiary/aromatic N) is 1. The SMILES string of the molecule is CC/C=C/C/C=C/C/C=C/CCCCCCC(=O)NC(COP(=O)([O-])OCC[N+](C)(C)C)C(/C=C\CCCCCCCCCCCCC)OC(=O)CCCCCCCCCCCCCCC/C=C/CCCCCCCC. The van der Waals surface area contributed by atoms with Crippen LogP contribution in [0.5, 0.6) is 0 Å². The van der Waals surface area contributed by atoms with Gasteiger partial charge in [-0.05, 0) is 89.5 Å². The van der Waals surface area contributed by atoms with E-state index < -0.39 is 26.6 Å². The van der Waals surface area contributed by atoms with Gasteiger partial charge in [-0.3, -0.25) is 14.2 Å². The number of unbranched alkanes of at least 4 members (excludes halogenated alkanes) is 34. The fraction of sp³-hybridized carbons (Fsp3) is 0.818. The molecule has 0 aliphatic rings. The number of allylic oxidation sites excluding steroid dienone is 9. The Kier molecular flexibility index (Phi) is 54.3. The van der Waals surface area contributed by atoms with E-state index in [4.69, 9.17) is 13.8 Å². The van der Waals surface area contributed by atoms with Crippen molar-refractivity contribution < 1.29 is 37.3 Å². The number of ether oxygens (including phenoxy) is 1. The largest absolute Gasteiger partial charge is 0.756 e. The normalized spacial score (nSPS) is 14.0. The summed E-state index contributed by atoms with van der Waals surface area (Å²) < 4.78 is 30.3. The Labute approximate surface area is 471 Å². The van der Waals surface area contributed by atoms with Crippen LogP contribution in [0.15, 0.2) is 60.8 Å². The van der Waals surface area contributed by atoms with Crippen LogP contribution in [0.1, 0.15) is 297 Å². The summed E-state index contributed by atoms with van der Waals surface area (Å²) in [5, 5.41) is 3.02. The van der Waals surface area contributed by atoms with Crippen LogP contribution >= 0.6 is 7.82 Å². The van der Waals surface area contributed by atoms with E-state index in [1.807, 2.05) is 33.3 Å². The maximum atomic E-state index is 13.5. The summed E-state index contributed by atoms with van der Waals surface area (Å²) in [5.74, 6) is -0.560. The molecule has 10 heteroatoms. The molecule has 0 rings (SSSR count). The first-order chi connectivity index (χ1) is 36.9. The Hall–Kier alpha value is -2.29. The highest BCUT2D eigenvalue weighted by Gasteiger charge is 2.27. The lowest BCUT2D eigenvalue weighted by Crippen LogP contribution is -2.47. The maximum absolute atomic E-state index is 13.5. The number of carbonyl (C=O) groups is 2. The summed E-state index contributed by atoms with van der Waals surface area (Å²) in [6.07, 6.45) is 70.5. The van der Waals surface area contributed by atoms with Gasteiger partial charge < -0.3 is 28.5 Å². The molecule has 0 saturated heterocycles. The molecular weight excluding hydrogens is 964 g/mol. The second-order valence-corrected chi connectivity index (χ2v) is 24.3. The highest BCUT2D eigenvalue weighted by atomic mass is 31.2. The van der Waals surface area contributed by atoms with E-state index in [0.29, 0.717) is 23.9 Å². The number of hydrogen-bond acceptors (Lipinski definition) is 7. The summed E-state index contributed by atoms with van der Waals surface area (Å²) >= 11 is 0. The molecule has 0 spiro atoms. The van der Waals surface area contributed by atoms with Crippen molar-refractivity contribution in [3.63, 3.8) is 0 Å². The number of rotatable bonds is 58. The van der Waals surface area contributed by atoms with Gasteiger partial charge in [-0.25, -0.2) is 0 Å². The molecule has 0 aromatic heterocycles. The Morgan fingerprint density at radius 2 is 0.842 bits per heavy atom. The zero-order valence-corrected chi connectivity index (χ0v) is 51.6. The van der Waals surface area contributed by atoms with Crippen LogP contribution in [0.4, 0.5) is 0 Å². The predicted octanol–water partition coefficient (Wildman–Crippen LogP) is 19.2. The predicted molar refractivity (Wildman–Crippen MR) is 325 cm³/mol. The van der Waals surface area contributed by atoms with E-state index in [1.54, 1.807) is 0 Å². The minimum absolute atomic E-state index is 0.0274. The zero-order valence-electron chi connectivity index (χ0n) is 50.7. The first kappa shape index (κ1) is 73.7. The Morgan fingerprint density at radius 3 is 1.28 bits per heavy atom. The van der Waals surface area contributed by atoms with Gasteiger partial charge in [0.2, 0.25) is 5.91 Å². The molecule has 0 aromatic carbocycles. The van der Waals surface area contributed by atoms with Crippen molar-refractivity contribution in [2.75, 3.05) is 40.9 Å². The maximum Gasteiger partial charge on any atom is 0.306 e. The molecule has 0 radical (unpaired) electrons. The number of likely N-dealkylation sites (N-methyl/N-ethyl adjacent to an activating group) is 1. The van der Waals surface area contributed by atoms with Crippen molar-refractivity contribution >= 4 is 19.7 Å².